The van der Waals surface area contributed by atoms with Crippen molar-refractivity contribution < 1.29 is 24.2 Å². The molecule has 0 saturated heterocycles. The number of rotatable bonds is 49. The van der Waals surface area contributed by atoms with Gasteiger partial charge in [-0.15, -0.1) is 0 Å². The van der Waals surface area contributed by atoms with E-state index in [1.54, 1.807) is 0 Å². The minimum Gasteiger partial charge on any atom is -0.462 e. The van der Waals surface area contributed by atoms with Gasteiger partial charge in [-0.05, 0) is 89.9 Å². The maximum atomic E-state index is 12.3. The lowest BCUT2D eigenvalue weighted by Gasteiger charge is -2.15. The Balaban J connectivity index is 3.54. The zero-order valence-electron chi connectivity index (χ0n) is 42.0. The summed E-state index contributed by atoms with van der Waals surface area (Å²) in [7, 11) is 0. The second-order valence-corrected chi connectivity index (χ2v) is 17.9. The number of hydrogen-bond donors (Lipinski definition) is 1. The van der Waals surface area contributed by atoms with Gasteiger partial charge in [0, 0.05) is 12.8 Å². The van der Waals surface area contributed by atoms with Gasteiger partial charge in [0.25, 0.3) is 0 Å². The molecule has 0 fully saturated rings. The maximum Gasteiger partial charge on any atom is 0.306 e. The van der Waals surface area contributed by atoms with Crippen molar-refractivity contribution in [1.29, 1.82) is 0 Å². The molecule has 0 aromatic heterocycles. The molecule has 5 heteroatoms. The number of unbranched alkanes of at least 4 members (excludes halogenated alkanes) is 27. The van der Waals surface area contributed by atoms with Crippen molar-refractivity contribution in [3.63, 3.8) is 0 Å². The summed E-state index contributed by atoms with van der Waals surface area (Å²) in [6.07, 6.45) is 75.4. The minimum atomic E-state index is -0.782. The van der Waals surface area contributed by atoms with Crippen LogP contribution >= 0.6 is 0 Å². The normalized spacial score (nSPS) is 12.9. The van der Waals surface area contributed by atoms with E-state index in [1.165, 1.54) is 148 Å². The third kappa shape index (κ3) is 51.7. The predicted octanol–water partition coefficient (Wildman–Crippen LogP) is 18.2. The van der Waals surface area contributed by atoms with E-state index in [4.69, 9.17) is 9.47 Å². The van der Waals surface area contributed by atoms with Crippen LogP contribution in [0.2, 0.25) is 0 Å². The number of aliphatic hydroxyl groups excluding tert-OH is 1. The monoisotopic (exact) mass is 891 g/mol. The fourth-order valence-electron chi connectivity index (χ4n) is 7.61. The Kier molecular flexibility index (Phi) is 51.9. The molecule has 1 atom stereocenters. The van der Waals surface area contributed by atoms with E-state index >= 15 is 0 Å². The van der Waals surface area contributed by atoms with Crippen molar-refractivity contribution in [3.8, 4) is 0 Å². The molecule has 0 spiro atoms. The van der Waals surface area contributed by atoms with Crippen LogP contribution in [-0.2, 0) is 19.1 Å². The summed E-state index contributed by atoms with van der Waals surface area (Å²) in [6, 6.07) is 0. The molecule has 0 bridgehead atoms. The molecule has 1 N–H and O–H groups in total. The third-order valence-corrected chi connectivity index (χ3v) is 11.7. The second kappa shape index (κ2) is 54.4. The van der Waals surface area contributed by atoms with Gasteiger partial charge in [0.05, 0.1) is 6.61 Å². The summed E-state index contributed by atoms with van der Waals surface area (Å²) in [5.41, 5.74) is 0. The first kappa shape index (κ1) is 61.1. The fourth-order valence-corrected chi connectivity index (χ4v) is 7.61. The molecule has 0 aromatic carbocycles. The van der Waals surface area contributed by atoms with Crippen molar-refractivity contribution in [2.75, 3.05) is 13.2 Å². The molecule has 5 nitrogen and oxygen atoms in total. The third-order valence-electron chi connectivity index (χ3n) is 11.7. The summed E-state index contributed by atoms with van der Waals surface area (Å²) >= 11 is 0. The van der Waals surface area contributed by atoms with Crippen molar-refractivity contribution in [2.45, 2.75) is 264 Å². The number of hydrogen-bond acceptors (Lipinski definition) is 5. The Morgan fingerprint density at radius 2 is 0.672 bits per heavy atom. The van der Waals surface area contributed by atoms with Crippen LogP contribution in [0.15, 0.2) is 85.1 Å². The van der Waals surface area contributed by atoms with Crippen molar-refractivity contribution in [1.82, 2.24) is 0 Å². The second-order valence-electron chi connectivity index (χ2n) is 17.9. The number of carbonyl (C=O) groups excluding carboxylic acids is 2. The molecule has 0 aliphatic heterocycles. The highest BCUT2D eigenvalue weighted by Gasteiger charge is 2.16. The lowest BCUT2D eigenvalue weighted by Crippen LogP contribution is -2.28. The molecule has 0 rings (SSSR count). The molecular weight excluding hydrogens is 789 g/mol. The van der Waals surface area contributed by atoms with Gasteiger partial charge in [0.1, 0.15) is 6.61 Å². The zero-order chi connectivity index (χ0) is 46.3. The minimum absolute atomic E-state index is 0.0722. The smallest absolute Gasteiger partial charge is 0.306 e. The molecule has 0 aromatic rings. The van der Waals surface area contributed by atoms with E-state index in [0.29, 0.717) is 12.8 Å². The molecule has 1 unspecified atom stereocenters. The molecule has 0 saturated carbocycles. The first-order valence-electron chi connectivity index (χ1n) is 27.1. The number of allylic oxidation sites excluding steroid dienone is 14. The van der Waals surface area contributed by atoms with E-state index in [1.807, 2.05) is 0 Å². The van der Waals surface area contributed by atoms with Gasteiger partial charge in [-0.1, -0.05) is 240 Å². The van der Waals surface area contributed by atoms with Gasteiger partial charge in [-0.2, -0.15) is 0 Å². The molecule has 0 amide bonds. The van der Waals surface area contributed by atoms with Gasteiger partial charge in [0.2, 0.25) is 0 Å². The molecule has 0 aliphatic rings. The van der Waals surface area contributed by atoms with Crippen LogP contribution in [0.25, 0.3) is 0 Å². The molecule has 0 heterocycles. The number of carbonyl (C=O) groups is 2. The van der Waals surface area contributed by atoms with Crippen molar-refractivity contribution >= 4 is 11.9 Å². The lowest BCUT2D eigenvalue weighted by atomic mass is 10.0. The summed E-state index contributed by atoms with van der Waals surface area (Å²) in [5.74, 6) is -0.598. The molecular formula is C59H102O5. The molecule has 0 aliphatic carbocycles. The topological polar surface area (TPSA) is 72.8 Å². The average Bonchev–Trinajstić information content (AvgIpc) is 3.30. The van der Waals surface area contributed by atoms with Gasteiger partial charge in [0.15, 0.2) is 6.10 Å². The summed E-state index contributed by atoms with van der Waals surface area (Å²) in [6.45, 7) is 4.04. The average molecular weight is 891 g/mol. The van der Waals surface area contributed by atoms with E-state index in [9.17, 15) is 14.7 Å². The largest absolute Gasteiger partial charge is 0.462 e. The van der Waals surface area contributed by atoms with Crippen LogP contribution < -0.4 is 0 Å². The zero-order valence-corrected chi connectivity index (χ0v) is 42.0. The summed E-state index contributed by atoms with van der Waals surface area (Å²) in [4.78, 5) is 24.5. The SMILES string of the molecule is CC/C=C\C/C=C\C/C=C\C/C=C\C/C=C\C/C=C\CCCCCCCCCCC(=O)OC(CO)COC(=O)CCCCCCCCCCCCC/C=C\CCCCCCCCCC. The van der Waals surface area contributed by atoms with Crippen LogP contribution in [0.5, 0.6) is 0 Å². The molecule has 368 valence electrons. The highest BCUT2D eigenvalue weighted by atomic mass is 16.6. The van der Waals surface area contributed by atoms with E-state index in [2.05, 4.69) is 98.9 Å². The predicted molar refractivity (Wildman–Crippen MR) is 279 cm³/mol. The quantitative estimate of drug-likeness (QED) is 0.0374. The van der Waals surface area contributed by atoms with Crippen molar-refractivity contribution in [2.24, 2.45) is 0 Å². The van der Waals surface area contributed by atoms with Gasteiger partial charge < -0.3 is 14.6 Å². The number of ether oxygens (including phenoxy) is 2. The molecule has 64 heavy (non-hydrogen) atoms. The van der Waals surface area contributed by atoms with E-state index in [0.717, 1.165) is 83.5 Å². The Morgan fingerprint density at radius 1 is 0.375 bits per heavy atom. The van der Waals surface area contributed by atoms with E-state index in [-0.39, 0.29) is 25.2 Å². The molecule has 0 radical (unpaired) electrons. The Bertz CT molecular complexity index is 1190. The first-order chi connectivity index (χ1) is 31.6. The Hall–Kier alpha value is -2.92. The van der Waals surface area contributed by atoms with Crippen LogP contribution in [0, 0.1) is 0 Å². The van der Waals surface area contributed by atoms with Crippen LogP contribution in [0.4, 0.5) is 0 Å². The van der Waals surface area contributed by atoms with Gasteiger partial charge >= 0.3 is 11.9 Å². The van der Waals surface area contributed by atoms with Crippen LogP contribution in [-0.4, -0.2) is 36.4 Å². The summed E-state index contributed by atoms with van der Waals surface area (Å²) in [5, 5.41) is 9.64. The maximum absolute atomic E-state index is 12.3. The Labute approximate surface area is 396 Å². The highest BCUT2D eigenvalue weighted by molar-refractivity contribution is 5.70. The van der Waals surface area contributed by atoms with Crippen LogP contribution in [0.3, 0.4) is 0 Å². The fraction of sp³-hybridized carbons (Fsp3) is 0.729. The standard InChI is InChI=1S/C59H102O5/c1-3-5-7-9-11-13-15-17-19-21-23-25-27-28-29-30-32-34-36-38-40-42-44-46-48-50-52-54-59(62)64-57(55-60)56-63-58(61)53-51-49-47-45-43-41-39-37-35-33-31-26-24-22-20-18-16-14-12-10-8-6-4-2/h5,7,11,13,17,19,22-25,28-29,32,34,57,60H,3-4,6,8-10,12,14-16,18,20-21,26-27,30-31,33,35-56H2,1-2H3/b7-5-,13-11-,19-17-,24-22-,25-23-,29-28-,34-32-. The highest BCUT2D eigenvalue weighted by Crippen LogP contribution is 2.15. The van der Waals surface area contributed by atoms with Crippen molar-refractivity contribution in [3.05, 3.63) is 85.1 Å². The van der Waals surface area contributed by atoms with Gasteiger partial charge in [-0.3, -0.25) is 9.59 Å². The first-order valence-corrected chi connectivity index (χ1v) is 27.1. The van der Waals surface area contributed by atoms with Gasteiger partial charge in [-0.25, -0.2) is 0 Å². The van der Waals surface area contributed by atoms with E-state index < -0.39 is 6.10 Å². The number of aliphatic hydroxyl groups is 1. The van der Waals surface area contributed by atoms with Crippen LogP contribution in [0.1, 0.15) is 258 Å². The Morgan fingerprint density at radius 3 is 1.03 bits per heavy atom. The lowest BCUT2D eigenvalue weighted by molar-refractivity contribution is -0.161. The number of esters is 2. The summed E-state index contributed by atoms with van der Waals surface area (Å²) < 4.78 is 10.7.